The van der Waals surface area contributed by atoms with Crippen LogP contribution in [-0.4, -0.2) is 32.6 Å². The van der Waals surface area contributed by atoms with Crippen molar-refractivity contribution < 1.29 is 18.0 Å². The van der Waals surface area contributed by atoms with Crippen LogP contribution in [0.25, 0.3) is 0 Å². The third-order valence-corrected chi connectivity index (χ3v) is 6.87. The number of hydrogen-bond acceptors (Lipinski definition) is 5. The van der Waals surface area contributed by atoms with Gasteiger partial charge in [0.2, 0.25) is 5.91 Å². The van der Waals surface area contributed by atoms with Crippen LogP contribution in [0.1, 0.15) is 41.2 Å². The molecule has 3 aromatic carbocycles. The zero-order valence-corrected chi connectivity index (χ0v) is 19.8. The van der Waals surface area contributed by atoms with E-state index in [1.807, 2.05) is 36.4 Å². The van der Waals surface area contributed by atoms with Gasteiger partial charge in [-0.2, -0.15) is 0 Å². The summed E-state index contributed by atoms with van der Waals surface area (Å²) in [6.45, 7) is 0.608. The molecule has 0 saturated heterocycles. The predicted molar refractivity (Wildman–Crippen MR) is 135 cm³/mol. The maximum absolute atomic E-state index is 12.9. The van der Waals surface area contributed by atoms with Gasteiger partial charge in [0, 0.05) is 24.2 Å². The van der Waals surface area contributed by atoms with Crippen LogP contribution in [-0.2, 0) is 14.8 Å². The van der Waals surface area contributed by atoms with Crippen molar-refractivity contribution in [3.8, 4) is 0 Å². The van der Waals surface area contributed by atoms with Crippen LogP contribution in [0.15, 0.2) is 94.8 Å². The van der Waals surface area contributed by atoms with Gasteiger partial charge in [-0.3, -0.25) is 19.3 Å². The number of hydrogen-bond donors (Lipinski definition) is 3. The topological polar surface area (TPSA) is 117 Å². The van der Waals surface area contributed by atoms with Crippen LogP contribution >= 0.6 is 0 Å². The Hall–Kier alpha value is -3.98. The zero-order chi connectivity index (χ0) is 24.7. The molecule has 4 rings (SSSR count). The predicted octanol–water partition coefficient (Wildman–Crippen LogP) is 3.66. The molecule has 180 valence electrons. The van der Waals surface area contributed by atoms with Crippen LogP contribution in [0.5, 0.6) is 0 Å². The van der Waals surface area contributed by atoms with Crippen molar-refractivity contribution in [3.63, 3.8) is 0 Å². The molecule has 0 fully saturated rings. The Morgan fingerprint density at radius 3 is 2.31 bits per heavy atom. The molecule has 0 saturated carbocycles. The van der Waals surface area contributed by atoms with Crippen molar-refractivity contribution in [3.05, 3.63) is 96.1 Å². The lowest BCUT2D eigenvalue weighted by molar-refractivity contribution is -0.116. The Labute approximate surface area is 204 Å². The molecule has 1 unspecified atom stereocenters. The first-order valence-corrected chi connectivity index (χ1v) is 12.8. The summed E-state index contributed by atoms with van der Waals surface area (Å²) < 4.78 is 27.9. The molecule has 1 atom stereocenters. The highest BCUT2D eigenvalue weighted by Crippen LogP contribution is 2.21. The summed E-state index contributed by atoms with van der Waals surface area (Å²) in [6.07, 6.45) is 1.37. The highest BCUT2D eigenvalue weighted by molar-refractivity contribution is 7.90. The van der Waals surface area contributed by atoms with Gasteiger partial charge in [-0.15, -0.1) is 0 Å². The first-order valence-electron chi connectivity index (χ1n) is 11.3. The number of amidine groups is 1. The minimum Gasteiger partial charge on any atom is -0.345 e. The molecule has 0 bridgehead atoms. The van der Waals surface area contributed by atoms with Gasteiger partial charge in [0.25, 0.3) is 15.9 Å². The molecule has 9 heteroatoms. The highest BCUT2D eigenvalue weighted by Gasteiger charge is 2.21. The van der Waals surface area contributed by atoms with E-state index in [4.69, 9.17) is 0 Å². The van der Waals surface area contributed by atoms with Crippen molar-refractivity contribution in [2.24, 2.45) is 4.99 Å². The zero-order valence-electron chi connectivity index (χ0n) is 19.0. The van der Waals surface area contributed by atoms with Gasteiger partial charge in [-0.25, -0.2) is 8.42 Å². The second kappa shape index (κ2) is 11.0. The lowest BCUT2D eigenvalue weighted by Crippen LogP contribution is -2.31. The minimum atomic E-state index is -3.80. The molecule has 1 aliphatic rings. The monoisotopic (exact) mass is 490 g/mol. The molecule has 8 nitrogen and oxygen atoms in total. The van der Waals surface area contributed by atoms with Gasteiger partial charge in [0.05, 0.1) is 17.4 Å². The fraction of sp³-hybridized carbons (Fsp3) is 0.192. The molecule has 1 heterocycles. The smallest absolute Gasteiger partial charge is 0.262 e. The summed E-state index contributed by atoms with van der Waals surface area (Å²) in [6, 6.07) is 23.5. The van der Waals surface area contributed by atoms with Crippen LogP contribution in [0.3, 0.4) is 0 Å². The Balaban J connectivity index is 1.47. The average molecular weight is 491 g/mol. The van der Waals surface area contributed by atoms with E-state index in [0.717, 1.165) is 12.0 Å². The fourth-order valence-electron chi connectivity index (χ4n) is 3.74. The third-order valence-electron chi connectivity index (χ3n) is 5.49. The Kier molecular flexibility index (Phi) is 7.57. The minimum absolute atomic E-state index is 0.0295. The summed E-state index contributed by atoms with van der Waals surface area (Å²) in [4.78, 5) is 29.8. The summed E-state index contributed by atoms with van der Waals surface area (Å²) in [5, 5.41) is 5.67. The number of carbonyl (C=O) groups is 2. The summed E-state index contributed by atoms with van der Waals surface area (Å²) in [7, 11) is -3.80. The third kappa shape index (κ3) is 6.54. The summed E-state index contributed by atoms with van der Waals surface area (Å²) in [5.41, 5.74) is 1.61. The first kappa shape index (κ1) is 24.2. The van der Waals surface area contributed by atoms with Gasteiger partial charge in [-0.05, 0) is 42.3 Å². The van der Waals surface area contributed by atoms with E-state index in [1.54, 1.807) is 36.4 Å². The van der Waals surface area contributed by atoms with Gasteiger partial charge in [0.1, 0.15) is 5.84 Å². The number of carbonyl (C=O) groups excluding carboxylic acids is 2. The summed E-state index contributed by atoms with van der Waals surface area (Å²) >= 11 is 0. The van der Waals surface area contributed by atoms with E-state index in [2.05, 4.69) is 20.3 Å². The van der Waals surface area contributed by atoms with E-state index in [1.165, 1.54) is 12.1 Å². The van der Waals surface area contributed by atoms with E-state index >= 15 is 0 Å². The molecule has 3 aromatic rings. The van der Waals surface area contributed by atoms with Crippen LogP contribution in [0.2, 0.25) is 0 Å². The van der Waals surface area contributed by atoms with Crippen LogP contribution < -0.4 is 15.4 Å². The number of benzene rings is 3. The molecule has 2 amide bonds. The Bertz CT molecular complexity index is 1330. The van der Waals surface area contributed by atoms with Crippen molar-refractivity contribution in [2.75, 3.05) is 11.9 Å². The maximum Gasteiger partial charge on any atom is 0.262 e. The van der Waals surface area contributed by atoms with E-state index in [-0.39, 0.29) is 23.1 Å². The number of aliphatic imine (C=N–C) groups is 1. The summed E-state index contributed by atoms with van der Waals surface area (Å²) in [5.74, 6) is -0.213. The van der Waals surface area contributed by atoms with E-state index < -0.39 is 16.1 Å². The maximum atomic E-state index is 12.9. The van der Waals surface area contributed by atoms with Gasteiger partial charge in [0.15, 0.2) is 0 Å². The molecular formula is C26H26N4O4S. The molecule has 35 heavy (non-hydrogen) atoms. The van der Waals surface area contributed by atoms with Gasteiger partial charge >= 0.3 is 0 Å². The highest BCUT2D eigenvalue weighted by atomic mass is 32.2. The van der Waals surface area contributed by atoms with Crippen molar-refractivity contribution in [1.82, 2.24) is 10.0 Å². The number of amides is 2. The second-order valence-corrected chi connectivity index (χ2v) is 9.80. The molecule has 0 aliphatic carbocycles. The van der Waals surface area contributed by atoms with Crippen LogP contribution in [0, 0.1) is 0 Å². The molecule has 0 spiro atoms. The lowest BCUT2D eigenvalue weighted by atomic mass is 10.0. The van der Waals surface area contributed by atoms with Crippen LogP contribution in [0.4, 0.5) is 5.69 Å². The number of nitrogens with zero attached hydrogens (tertiary/aromatic N) is 1. The lowest BCUT2D eigenvalue weighted by Gasteiger charge is -2.19. The molecule has 3 N–H and O–H groups in total. The molecular weight excluding hydrogens is 464 g/mol. The second-order valence-electron chi connectivity index (χ2n) is 8.12. The molecule has 0 radical (unpaired) electrons. The van der Waals surface area contributed by atoms with Gasteiger partial charge in [-0.1, -0.05) is 54.6 Å². The van der Waals surface area contributed by atoms with Crippen molar-refractivity contribution in [1.29, 1.82) is 0 Å². The van der Waals surface area contributed by atoms with Crippen molar-refractivity contribution >= 4 is 33.4 Å². The number of sulfonamides is 1. The number of anilines is 1. The molecule has 1 aliphatic heterocycles. The average Bonchev–Trinajstić information content (AvgIpc) is 3.37. The SMILES string of the molecule is O=C(CC(NC(=O)c1ccccc1)c1ccccc1)Nc1cccc(S(=O)(=O)NC2=NCCC2)c1. The largest absolute Gasteiger partial charge is 0.345 e. The Morgan fingerprint density at radius 1 is 0.914 bits per heavy atom. The van der Waals surface area contributed by atoms with Gasteiger partial charge < -0.3 is 10.6 Å². The first-order chi connectivity index (χ1) is 16.9. The Morgan fingerprint density at radius 2 is 1.63 bits per heavy atom. The van der Waals surface area contributed by atoms with E-state index in [0.29, 0.717) is 30.1 Å². The van der Waals surface area contributed by atoms with Crippen molar-refractivity contribution in [2.45, 2.75) is 30.2 Å². The molecule has 0 aromatic heterocycles. The fourth-order valence-corrected chi connectivity index (χ4v) is 4.88. The quantitative estimate of drug-likeness (QED) is 0.447. The number of nitrogens with one attached hydrogen (secondary N) is 3. The normalized spacial score (nSPS) is 14.0. The van der Waals surface area contributed by atoms with E-state index in [9.17, 15) is 18.0 Å². The standard InChI is InChI=1S/C26H26N4O4S/c31-25(28-21-13-7-14-22(17-21)35(33,34)30-24-15-8-16-27-24)18-23(19-9-3-1-4-10-19)29-26(32)20-11-5-2-6-12-20/h1-7,9-14,17,23H,8,15-16,18H2,(H,27,30)(H,28,31)(H,29,32). The number of rotatable bonds is 8.